The van der Waals surface area contributed by atoms with E-state index in [9.17, 15) is 0 Å². The SMILES string of the molecule is COCCO[Si](CCBr)(OCCOC)OCCOC. The van der Waals surface area contributed by atoms with E-state index in [0.717, 1.165) is 5.33 Å². The van der Waals surface area contributed by atoms with Crippen molar-refractivity contribution in [2.24, 2.45) is 0 Å². The molecule has 19 heavy (non-hydrogen) atoms. The number of methoxy groups -OCH3 is 3. The lowest BCUT2D eigenvalue weighted by Crippen LogP contribution is -2.48. The summed E-state index contributed by atoms with van der Waals surface area (Å²) in [4.78, 5) is 0. The average Bonchev–Trinajstić information content (AvgIpc) is 2.40. The van der Waals surface area contributed by atoms with Crippen molar-refractivity contribution >= 4 is 24.7 Å². The van der Waals surface area contributed by atoms with Crippen LogP contribution in [-0.2, 0) is 27.5 Å². The van der Waals surface area contributed by atoms with Gasteiger partial charge in [-0.25, -0.2) is 0 Å². The minimum Gasteiger partial charge on any atom is -0.382 e. The van der Waals surface area contributed by atoms with E-state index < -0.39 is 8.80 Å². The number of rotatable bonds is 14. The highest BCUT2D eigenvalue weighted by atomic mass is 79.9. The Morgan fingerprint density at radius 1 is 0.684 bits per heavy atom. The van der Waals surface area contributed by atoms with Crippen LogP contribution >= 0.6 is 15.9 Å². The quantitative estimate of drug-likeness (QED) is 0.264. The summed E-state index contributed by atoms with van der Waals surface area (Å²) in [5.41, 5.74) is 0. The summed E-state index contributed by atoms with van der Waals surface area (Å²) in [5.74, 6) is 0. The Hall–Kier alpha value is 0.457. The van der Waals surface area contributed by atoms with Gasteiger partial charge in [0.15, 0.2) is 0 Å². The van der Waals surface area contributed by atoms with Gasteiger partial charge in [0.1, 0.15) is 0 Å². The van der Waals surface area contributed by atoms with Gasteiger partial charge in [-0.15, -0.1) is 0 Å². The number of hydrogen-bond donors (Lipinski definition) is 0. The van der Waals surface area contributed by atoms with Crippen LogP contribution < -0.4 is 0 Å². The van der Waals surface area contributed by atoms with Gasteiger partial charge in [-0.05, 0) is 0 Å². The fourth-order valence-corrected chi connectivity index (χ4v) is 4.85. The van der Waals surface area contributed by atoms with E-state index in [0.29, 0.717) is 45.7 Å². The topological polar surface area (TPSA) is 55.4 Å². The molecule has 0 aliphatic carbocycles. The van der Waals surface area contributed by atoms with E-state index in [-0.39, 0.29) is 0 Å². The molecule has 0 fully saturated rings. The summed E-state index contributed by atoms with van der Waals surface area (Å²) in [7, 11) is 2.21. The second-order valence-electron chi connectivity index (χ2n) is 3.65. The first-order chi connectivity index (χ1) is 9.24. The smallest absolute Gasteiger partial charge is 0.382 e. The van der Waals surface area contributed by atoms with Crippen molar-refractivity contribution in [3.05, 3.63) is 0 Å². The molecule has 8 heteroatoms. The van der Waals surface area contributed by atoms with Gasteiger partial charge >= 0.3 is 8.80 Å². The number of hydrogen-bond acceptors (Lipinski definition) is 6. The van der Waals surface area contributed by atoms with Gasteiger partial charge in [0.2, 0.25) is 0 Å². The van der Waals surface area contributed by atoms with E-state index >= 15 is 0 Å². The molecule has 0 spiro atoms. The summed E-state index contributed by atoms with van der Waals surface area (Å²) in [6.07, 6.45) is 0. The van der Waals surface area contributed by atoms with Crippen molar-refractivity contribution < 1.29 is 27.5 Å². The molecular weight excluding hydrogens is 336 g/mol. The molecule has 0 saturated carbocycles. The summed E-state index contributed by atoms with van der Waals surface area (Å²) < 4.78 is 32.5. The van der Waals surface area contributed by atoms with Gasteiger partial charge in [0.05, 0.1) is 39.6 Å². The maximum atomic E-state index is 5.83. The van der Waals surface area contributed by atoms with Gasteiger partial charge in [-0.2, -0.15) is 0 Å². The maximum Gasteiger partial charge on any atom is 0.502 e. The third-order valence-electron chi connectivity index (χ3n) is 2.23. The molecule has 6 nitrogen and oxygen atoms in total. The first-order valence-corrected chi connectivity index (χ1v) is 9.24. The van der Waals surface area contributed by atoms with Crippen LogP contribution in [-0.4, -0.2) is 75.1 Å². The Morgan fingerprint density at radius 3 is 1.32 bits per heavy atom. The Kier molecular flexibility index (Phi) is 13.8. The van der Waals surface area contributed by atoms with Crippen molar-refractivity contribution in [2.45, 2.75) is 6.04 Å². The molecule has 0 saturated heterocycles. The maximum absolute atomic E-state index is 5.83. The summed E-state index contributed by atoms with van der Waals surface area (Å²) in [6, 6.07) is 0.699. The Bertz CT molecular complexity index is 171. The lowest BCUT2D eigenvalue weighted by Gasteiger charge is -2.29. The predicted molar refractivity (Wildman–Crippen MR) is 77.8 cm³/mol. The number of ether oxygens (including phenoxy) is 3. The van der Waals surface area contributed by atoms with E-state index in [1.807, 2.05) is 0 Å². The third kappa shape index (κ3) is 9.91. The van der Waals surface area contributed by atoms with Crippen molar-refractivity contribution in [1.82, 2.24) is 0 Å². The second kappa shape index (κ2) is 13.4. The molecule has 0 aliphatic heterocycles. The largest absolute Gasteiger partial charge is 0.502 e. The van der Waals surface area contributed by atoms with Crippen molar-refractivity contribution in [3.63, 3.8) is 0 Å². The standard InChI is InChI=1S/C11H25BrO6Si/c1-13-5-8-16-19(11-4-12,17-9-6-14-2)18-10-7-15-3/h4-11H2,1-3H3. The van der Waals surface area contributed by atoms with Gasteiger partial charge in [0, 0.05) is 32.7 Å². The van der Waals surface area contributed by atoms with Gasteiger partial charge in [0.25, 0.3) is 0 Å². The normalized spacial score (nSPS) is 12.0. The first kappa shape index (κ1) is 19.5. The predicted octanol–water partition coefficient (Wildman–Crippen LogP) is 1.31. The summed E-state index contributed by atoms with van der Waals surface area (Å²) in [5, 5.41) is 0.756. The first-order valence-electron chi connectivity index (χ1n) is 6.19. The molecule has 0 heterocycles. The highest BCUT2D eigenvalue weighted by Gasteiger charge is 2.40. The zero-order chi connectivity index (χ0) is 14.4. The van der Waals surface area contributed by atoms with Gasteiger partial charge < -0.3 is 27.5 Å². The molecular formula is C11H25BrO6Si. The highest BCUT2D eigenvalue weighted by Crippen LogP contribution is 2.17. The van der Waals surface area contributed by atoms with Crippen LogP contribution in [0, 0.1) is 0 Å². The molecule has 0 bridgehead atoms. The Labute approximate surface area is 125 Å². The van der Waals surface area contributed by atoms with Crippen LogP contribution in [0.1, 0.15) is 0 Å². The molecule has 0 aromatic rings. The Morgan fingerprint density at radius 2 is 1.05 bits per heavy atom. The minimum absolute atomic E-state index is 0.454. The molecule has 0 rings (SSSR count). The highest BCUT2D eigenvalue weighted by molar-refractivity contribution is 9.09. The average molecular weight is 361 g/mol. The molecule has 0 amide bonds. The summed E-state index contributed by atoms with van der Waals surface area (Å²) in [6.45, 7) is 2.90. The fraction of sp³-hybridized carbons (Fsp3) is 1.00. The van der Waals surface area contributed by atoms with Crippen molar-refractivity contribution in [2.75, 3.05) is 66.3 Å². The van der Waals surface area contributed by atoms with E-state index in [1.54, 1.807) is 21.3 Å². The van der Waals surface area contributed by atoms with Crippen LogP contribution in [0.15, 0.2) is 0 Å². The van der Waals surface area contributed by atoms with Crippen LogP contribution in [0.25, 0.3) is 0 Å². The Balaban J connectivity index is 4.37. The summed E-state index contributed by atoms with van der Waals surface area (Å²) >= 11 is 3.41. The van der Waals surface area contributed by atoms with Crippen LogP contribution in [0.2, 0.25) is 6.04 Å². The number of alkyl halides is 1. The van der Waals surface area contributed by atoms with E-state index in [1.165, 1.54) is 0 Å². The zero-order valence-corrected chi connectivity index (χ0v) is 14.6. The van der Waals surface area contributed by atoms with Gasteiger partial charge in [-0.3, -0.25) is 0 Å². The molecule has 0 unspecified atom stereocenters. The molecule has 0 aliphatic rings. The molecule has 0 radical (unpaired) electrons. The van der Waals surface area contributed by atoms with Crippen LogP contribution in [0.5, 0.6) is 0 Å². The molecule has 0 atom stereocenters. The van der Waals surface area contributed by atoms with Crippen molar-refractivity contribution in [3.8, 4) is 0 Å². The zero-order valence-electron chi connectivity index (χ0n) is 12.0. The van der Waals surface area contributed by atoms with Crippen LogP contribution in [0.4, 0.5) is 0 Å². The van der Waals surface area contributed by atoms with Gasteiger partial charge in [-0.1, -0.05) is 15.9 Å². The number of halogens is 1. The lowest BCUT2D eigenvalue weighted by molar-refractivity contribution is 0.0156. The molecule has 0 N–H and O–H groups in total. The van der Waals surface area contributed by atoms with Crippen LogP contribution in [0.3, 0.4) is 0 Å². The molecule has 116 valence electrons. The monoisotopic (exact) mass is 360 g/mol. The second-order valence-corrected chi connectivity index (χ2v) is 7.17. The van der Waals surface area contributed by atoms with Crippen molar-refractivity contribution in [1.29, 1.82) is 0 Å². The lowest BCUT2D eigenvalue weighted by atomic mass is 10.8. The molecule has 0 aromatic heterocycles. The molecule has 0 aromatic carbocycles. The van der Waals surface area contributed by atoms with E-state index in [4.69, 9.17) is 27.5 Å². The minimum atomic E-state index is -2.69. The third-order valence-corrected chi connectivity index (χ3v) is 6.15. The van der Waals surface area contributed by atoms with E-state index in [2.05, 4.69) is 15.9 Å². The fourth-order valence-electron chi connectivity index (χ4n) is 1.30.